The highest BCUT2D eigenvalue weighted by Gasteiger charge is 2.24. The van der Waals surface area contributed by atoms with Crippen LogP contribution in [-0.2, 0) is 16.6 Å². The number of carbonyl (C=O) groups excluding carboxylic acids is 1. The Labute approximate surface area is 255 Å². The normalized spacial score (nSPS) is 14.1. The molecule has 1 amide bonds. The van der Waals surface area contributed by atoms with E-state index in [0.29, 0.717) is 18.1 Å². The lowest BCUT2D eigenvalue weighted by Crippen LogP contribution is -2.37. The lowest BCUT2D eigenvalue weighted by molar-refractivity contribution is -0.137. The van der Waals surface area contributed by atoms with Crippen LogP contribution in [0.25, 0.3) is 10.8 Å². The molecule has 43 heavy (non-hydrogen) atoms. The SMILES string of the molecule is C=C(/C=C\C=C/C)CCN(CC(=O)O)C(=O)c1cc2ccc(Oc3ccc(C(C)(C)C)cc3)cc2c(CC2CCCC2)n1. The number of rotatable bonds is 12. The third kappa shape index (κ3) is 8.90. The highest BCUT2D eigenvalue weighted by molar-refractivity contribution is 5.98. The molecule has 1 aromatic heterocycles. The predicted octanol–water partition coefficient (Wildman–Crippen LogP) is 8.66. The van der Waals surface area contributed by atoms with Gasteiger partial charge in [0, 0.05) is 17.6 Å². The summed E-state index contributed by atoms with van der Waals surface area (Å²) in [4.78, 5) is 31.6. The zero-order chi connectivity index (χ0) is 31.0. The van der Waals surface area contributed by atoms with E-state index in [1.54, 1.807) is 6.07 Å². The topological polar surface area (TPSA) is 79.7 Å². The highest BCUT2D eigenvalue weighted by atomic mass is 16.5. The molecule has 1 fully saturated rings. The van der Waals surface area contributed by atoms with Crippen molar-refractivity contribution >= 4 is 22.6 Å². The van der Waals surface area contributed by atoms with E-state index in [2.05, 4.69) is 39.5 Å². The largest absolute Gasteiger partial charge is 0.480 e. The number of amides is 1. The van der Waals surface area contributed by atoms with Crippen LogP contribution in [0.3, 0.4) is 0 Å². The van der Waals surface area contributed by atoms with Gasteiger partial charge < -0.3 is 14.7 Å². The Bertz CT molecular complexity index is 1510. The van der Waals surface area contributed by atoms with Crippen LogP contribution in [0.15, 0.2) is 85.0 Å². The van der Waals surface area contributed by atoms with Crippen LogP contribution in [0.4, 0.5) is 0 Å². The molecule has 2 aromatic carbocycles. The summed E-state index contributed by atoms with van der Waals surface area (Å²) >= 11 is 0. The molecule has 0 bridgehead atoms. The van der Waals surface area contributed by atoms with Crippen molar-refractivity contribution in [2.24, 2.45) is 5.92 Å². The number of carboxylic acid groups (broad SMARTS) is 1. The third-order valence-corrected chi connectivity index (χ3v) is 7.97. The van der Waals surface area contributed by atoms with Crippen LogP contribution in [0.1, 0.15) is 81.5 Å². The predicted molar refractivity (Wildman–Crippen MR) is 174 cm³/mol. The molecule has 0 radical (unpaired) electrons. The van der Waals surface area contributed by atoms with E-state index >= 15 is 0 Å². The molecule has 6 nitrogen and oxygen atoms in total. The minimum Gasteiger partial charge on any atom is -0.480 e. The van der Waals surface area contributed by atoms with Crippen molar-refractivity contribution < 1.29 is 19.4 Å². The third-order valence-electron chi connectivity index (χ3n) is 7.97. The molecule has 1 N–H and O–H groups in total. The summed E-state index contributed by atoms with van der Waals surface area (Å²) in [6, 6.07) is 15.8. The number of carboxylic acids is 1. The van der Waals surface area contributed by atoms with Crippen LogP contribution in [0.2, 0.25) is 0 Å². The summed E-state index contributed by atoms with van der Waals surface area (Å²) in [6.07, 6.45) is 13.5. The van der Waals surface area contributed by atoms with Crippen molar-refractivity contribution in [1.29, 1.82) is 0 Å². The molecule has 0 atom stereocenters. The minimum atomic E-state index is -1.06. The van der Waals surface area contributed by atoms with Crippen LogP contribution in [0, 0.1) is 5.92 Å². The number of pyridine rings is 1. The Hall–Kier alpha value is -4.19. The maximum atomic E-state index is 13.7. The van der Waals surface area contributed by atoms with E-state index in [-0.39, 0.29) is 23.6 Å². The van der Waals surface area contributed by atoms with E-state index in [0.717, 1.165) is 47.1 Å². The fraction of sp³-hybridized carbons (Fsp3) is 0.378. The van der Waals surface area contributed by atoms with Gasteiger partial charge in [-0.05, 0) is 72.4 Å². The first kappa shape index (κ1) is 31.7. The van der Waals surface area contributed by atoms with E-state index in [9.17, 15) is 14.7 Å². The molecule has 4 rings (SSSR count). The maximum Gasteiger partial charge on any atom is 0.323 e. The average Bonchev–Trinajstić information content (AvgIpc) is 3.48. The number of hydrogen-bond acceptors (Lipinski definition) is 4. The first-order chi connectivity index (χ1) is 20.5. The smallest absolute Gasteiger partial charge is 0.323 e. The number of benzene rings is 2. The van der Waals surface area contributed by atoms with E-state index < -0.39 is 12.5 Å². The van der Waals surface area contributed by atoms with Crippen molar-refractivity contribution in [1.82, 2.24) is 9.88 Å². The molecule has 1 heterocycles. The Kier molecular flexibility index (Phi) is 10.6. The molecule has 1 aliphatic rings. The van der Waals surface area contributed by atoms with Crippen molar-refractivity contribution in [2.45, 2.75) is 71.6 Å². The summed E-state index contributed by atoms with van der Waals surface area (Å²) < 4.78 is 6.24. The van der Waals surface area contributed by atoms with Gasteiger partial charge in [-0.15, -0.1) is 0 Å². The fourth-order valence-corrected chi connectivity index (χ4v) is 5.51. The van der Waals surface area contributed by atoms with E-state index in [4.69, 9.17) is 9.72 Å². The Morgan fingerprint density at radius 1 is 1.05 bits per heavy atom. The summed E-state index contributed by atoms with van der Waals surface area (Å²) in [5, 5.41) is 11.4. The van der Waals surface area contributed by atoms with Gasteiger partial charge in [-0.25, -0.2) is 4.98 Å². The quantitative estimate of drug-likeness (QED) is 0.217. The lowest BCUT2D eigenvalue weighted by Gasteiger charge is -2.22. The van der Waals surface area contributed by atoms with Crippen LogP contribution < -0.4 is 4.74 Å². The van der Waals surface area contributed by atoms with Crippen molar-refractivity contribution in [2.75, 3.05) is 13.1 Å². The second kappa shape index (κ2) is 14.3. The monoisotopic (exact) mass is 580 g/mol. The zero-order valence-corrected chi connectivity index (χ0v) is 25.9. The van der Waals surface area contributed by atoms with E-state index in [1.807, 2.05) is 61.6 Å². The molecule has 3 aromatic rings. The molecule has 0 aliphatic heterocycles. The summed E-state index contributed by atoms with van der Waals surface area (Å²) in [7, 11) is 0. The molecule has 6 heteroatoms. The molecule has 1 aliphatic carbocycles. The number of hydrogen-bond donors (Lipinski definition) is 1. The molecule has 1 saturated carbocycles. The standard InChI is InChI=1S/C37H44N2O4/c1-6-7-8-11-26(2)20-21-39(25-35(40)41)36(42)34-23-28-14-17-31(43-30-18-15-29(16-19-30)37(3,4)5)24-32(28)33(38-34)22-27-12-9-10-13-27/h6-8,11,14-19,23-24,27H,2,9-10,12-13,20-22,25H2,1,3-5H3,(H,40,41)/b7-6-,11-8-. The molecule has 226 valence electrons. The number of nitrogens with zero attached hydrogens (tertiary/aromatic N) is 2. The number of aromatic nitrogens is 1. The first-order valence-corrected chi connectivity index (χ1v) is 15.2. The number of allylic oxidation sites excluding steroid dienone is 4. The molecular formula is C37H44N2O4. The molecule has 0 unspecified atom stereocenters. The van der Waals surface area contributed by atoms with Crippen molar-refractivity contribution in [3.05, 3.63) is 102 Å². The highest BCUT2D eigenvalue weighted by Crippen LogP contribution is 2.33. The summed E-state index contributed by atoms with van der Waals surface area (Å²) in [6.45, 7) is 12.4. The van der Waals surface area contributed by atoms with Gasteiger partial charge in [-0.1, -0.05) is 101 Å². The van der Waals surface area contributed by atoms with E-state index in [1.165, 1.54) is 23.3 Å². The maximum absolute atomic E-state index is 13.7. The zero-order valence-electron chi connectivity index (χ0n) is 25.9. The van der Waals surface area contributed by atoms with Crippen molar-refractivity contribution in [3.8, 4) is 11.5 Å². The Morgan fingerprint density at radius 2 is 1.74 bits per heavy atom. The van der Waals surface area contributed by atoms with Crippen molar-refractivity contribution in [3.63, 3.8) is 0 Å². The van der Waals surface area contributed by atoms with Gasteiger partial charge in [0.05, 0.1) is 0 Å². The van der Waals surface area contributed by atoms with Gasteiger partial charge >= 0.3 is 5.97 Å². The lowest BCUT2D eigenvalue weighted by atomic mass is 9.87. The minimum absolute atomic E-state index is 0.0642. The van der Waals surface area contributed by atoms with Gasteiger partial charge in [0.25, 0.3) is 5.91 Å². The molecule has 0 saturated heterocycles. The number of aliphatic carboxylic acids is 1. The fourth-order valence-electron chi connectivity index (χ4n) is 5.51. The van der Waals surface area contributed by atoms with Gasteiger partial charge in [0.2, 0.25) is 0 Å². The van der Waals surface area contributed by atoms with Crippen LogP contribution in [0.5, 0.6) is 11.5 Å². The van der Waals surface area contributed by atoms with Gasteiger partial charge in [-0.3, -0.25) is 9.59 Å². The molecule has 0 spiro atoms. The van der Waals surface area contributed by atoms with Gasteiger partial charge in [0.1, 0.15) is 23.7 Å². The number of ether oxygens (including phenoxy) is 1. The van der Waals surface area contributed by atoms with Gasteiger partial charge in [-0.2, -0.15) is 0 Å². The van der Waals surface area contributed by atoms with Crippen LogP contribution >= 0.6 is 0 Å². The number of carbonyl (C=O) groups is 2. The average molecular weight is 581 g/mol. The Balaban J connectivity index is 1.63. The first-order valence-electron chi connectivity index (χ1n) is 15.2. The summed E-state index contributed by atoms with van der Waals surface area (Å²) in [5.74, 6) is 0.532. The Morgan fingerprint density at radius 3 is 2.40 bits per heavy atom. The second-order valence-electron chi connectivity index (χ2n) is 12.5. The van der Waals surface area contributed by atoms with Gasteiger partial charge in [0.15, 0.2) is 0 Å². The summed E-state index contributed by atoms with van der Waals surface area (Å²) in [5.41, 5.74) is 3.24. The van der Waals surface area contributed by atoms with Crippen LogP contribution in [-0.4, -0.2) is 40.0 Å². The second-order valence-corrected chi connectivity index (χ2v) is 12.5. The number of fused-ring (bicyclic) bond motifs is 1. The molecular weight excluding hydrogens is 536 g/mol.